The molecule has 0 spiro atoms. The van der Waals surface area contributed by atoms with Gasteiger partial charge in [0, 0.05) is 80.8 Å². The van der Waals surface area contributed by atoms with Gasteiger partial charge in [-0.1, -0.05) is 117 Å². The first-order valence-corrected chi connectivity index (χ1v) is 27.9. The van der Waals surface area contributed by atoms with Gasteiger partial charge in [-0.3, -0.25) is 4.57 Å². The number of nitrogens with zero attached hydrogens (tertiary/aromatic N) is 4. The molecule has 3 aromatic heterocycles. The van der Waals surface area contributed by atoms with Gasteiger partial charge in [-0.25, -0.2) is 9.97 Å². The number of fused-ring (bicyclic) bond motifs is 11. The number of ether oxygens (including phenoxy) is 6. The largest absolute Gasteiger partial charge is 0.381 e. The van der Waals surface area contributed by atoms with Crippen LogP contribution >= 0.6 is 0 Å². The molecule has 10 aromatic rings. The first-order valence-electron chi connectivity index (χ1n) is 27.9. The van der Waals surface area contributed by atoms with E-state index in [9.17, 15) is 0 Å². The minimum atomic E-state index is 0.223. The molecule has 0 radical (unpaired) electrons. The van der Waals surface area contributed by atoms with Crippen LogP contribution in [-0.2, 0) is 41.6 Å². The van der Waals surface area contributed by atoms with E-state index >= 15 is 0 Å². The van der Waals surface area contributed by atoms with Gasteiger partial charge in [0.15, 0.2) is 0 Å². The fraction of sp³-hybridized carbons (Fsp3) is 0.364. The molecule has 0 amide bonds. The normalized spacial score (nSPS) is 15.1. The van der Waals surface area contributed by atoms with Crippen molar-refractivity contribution in [3.05, 3.63) is 157 Å². The van der Waals surface area contributed by atoms with Crippen LogP contribution in [0.3, 0.4) is 0 Å². The Hall–Kier alpha value is -6.50. The van der Waals surface area contributed by atoms with Crippen molar-refractivity contribution in [2.75, 3.05) is 66.1 Å². The molecule has 0 atom stereocenters. The molecule has 0 unspecified atom stereocenters. The summed E-state index contributed by atoms with van der Waals surface area (Å²) < 4.78 is 40.8. The third-order valence-electron chi connectivity index (χ3n) is 16.2. The van der Waals surface area contributed by atoms with E-state index in [1.54, 1.807) is 0 Å². The zero-order chi connectivity index (χ0) is 51.3. The molecule has 76 heavy (non-hydrogen) atoms. The molecule has 7 aromatic carbocycles. The molecular formula is C66H70N4O6. The third-order valence-corrected chi connectivity index (χ3v) is 16.2. The van der Waals surface area contributed by atoms with Crippen molar-refractivity contribution in [1.29, 1.82) is 0 Å². The molecule has 2 aliphatic heterocycles. The SMILES string of the molecule is CCC1(COCCCCCOCc2ccc3c(c2)c2c(c4ccccc4c4c5cc(COCCCCCOCC6(CC)COC6)ccc5n(-c5ccccc5)c42)n3-c2nc(-c3ccccc3)c3ccccc3n2)COC1. The van der Waals surface area contributed by atoms with Crippen LogP contribution in [0.15, 0.2) is 146 Å². The molecular weight excluding hydrogens is 945 g/mol. The van der Waals surface area contributed by atoms with Crippen molar-refractivity contribution < 1.29 is 28.4 Å². The lowest BCUT2D eigenvalue weighted by atomic mass is 9.84. The Morgan fingerprint density at radius 3 is 1.55 bits per heavy atom. The molecule has 0 bridgehead atoms. The Bertz CT molecular complexity index is 3610. The van der Waals surface area contributed by atoms with E-state index in [4.69, 9.17) is 38.4 Å². The van der Waals surface area contributed by atoms with Crippen LogP contribution in [0.2, 0.25) is 0 Å². The average Bonchev–Trinajstić information content (AvgIpc) is 4.21. The van der Waals surface area contributed by atoms with Gasteiger partial charge in [0.25, 0.3) is 0 Å². The van der Waals surface area contributed by atoms with E-state index in [1.165, 1.54) is 16.2 Å². The summed E-state index contributed by atoms with van der Waals surface area (Å²) in [6, 6.07) is 52.3. The molecule has 5 heterocycles. The maximum absolute atomic E-state index is 6.48. The lowest BCUT2D eigenvalue weighted by Crippen LogP contribution is -2.45. The zero-order valence-electron chi connectivity index (χ0n) is 44.2. The summed E-state index contributed by atoms with van der Waals surface area (Å²) in [6.45, 7) is 13.3. The molecule has 0 saturated carbocycles. The predicted octanol–water partition coefficient (Wildman–Crippen LogP) is 14.9. The van der Waals surface area contributed by atoms with Crippen LogP contribution in [0.4, 0.5) is 0 Å². The standard InChI is InChI=1S/C66H70N4O6/c1-3-65(43-75-44-65)41-73-35-19-7-17-33-71-39-47-29-31-57-54(37-47)59-51-25-13-14-26-52(51)62-60(63(59)69(57)50-23-11-6-12-24-50)55-38-48(40-72-34-18-8-20-36-74-42-66(4-2)45-76-46-66)30-32-58(55)70(62)64-67-56-28-16-15-27-53(56)61(68-64)49-21-9-5-10-22-49/h5-6,9-16,21-32,37-38H,3-4,7-8,17-20,33-36,39-46H2,1-2H3. The fourth-order valence-electron chi connectivity index (χ4n) is 11.5. The van der Waals surface area contributed by atoms with E-state index in [0.29, 0.717) is 32.4 Å². The summed E-state index contributed by atoms with van der Waals surface area (Å²) in [5.41, 5.74) is 11.1. The van der Waals surface area contributed by atoms with Crippen LogP contribution in [0, 0.1) is 10.8 Å². The molecule has 0 N–H and O–H groups in total. The molecule has 2 fully saturated rings. The number of para-hydroxylation sites is 2. The van der Waals surface area contributed by atoms with Crippen molar-refractivity contribution >= 4 is 65.3 Å². The van der Waals surface area contributed by atoms with Gasteiger partial charge < -0.3 is 33.0 Å². The molecule has 390 valence electrons. The Labute approximate surface area is 445 Å². The monoisotopic (exact) mass is 1010 g/mol. The van der Waals surface area contributed by atoms with Crippen LogP contribution in [0.1, 0.15) is 76.3 Å². The van der Waals surface area contributed by atoms with Crippen molar-refractivity contribution in [2.24, 2.45) is 10.8 Å². The highest BCUT2D eigenvalue weighted by atomic mass is 16.5. The highest BCUT2D eigenvalue weighted by Crippen LogP contribution is 2.47. The van der Waals surface area contributed by atoms with Crippen LogP contribution < -0.4 is 0 Å². The van der Waals surface area contributed by atoms with Gasteiger partial charge in [-0.2, -0.15) is 0 Å². The van der Waals surface area contributed by atoms with E-state index < -0.39 is 0 Å². The topological polar surface area (TPSA) is 91.0 Å². The Kier molecular flexibility index (Phi) is 15.0. The molecule has 0 aliphatic carbocycles. The average molecular weight is 1020 g/mol. The lowest BCUT2D eigenvalue weighted by molar-refractivity contribution is -0.150. The summed E-state index contributed by atoms with van der Waals surface area (Å²) in [5, 5.41) is 7.99. The number of unbranched alkanes of at least 4 members (excludes halogenated alkanes) is 4. The minimum Gasteiger partial charge on any atom is -0.381 e. The molecule has 2 saturated heterocycles. The van der Waals surface area contributed by atoms with Gasteiger partial charge >= 0.3 is 0 Å². The molecule has 12 rings (SSSR count). The van der Waals surface area contributed by atoms with E-state index in [2.05, 4.69) is 169 Å². The number of hydrogen-bond acceptors (Lipinski definition) is 8. The fourth-order valence-corrected chi connectivity index (χ4v) is 11.5. The molecule has 2 aliphatic rings. The van der Waals surface area contributed by atoms with E-state index in [-0.39, 0.29) is 10.8 Å². The Morgan fingerprint density at radius 2 is 0.974 bits per heavy atom. The second-order valence-corrected chi connectivity index (χ2v) is 21.5. The maximum Gasteiger partial charge on any atom is 0.235 e. The predicted molar refractivity (Wildman–Crippen MR) is 307 cm³/mol. The zero-order valence-corrected chi connectivity index (χ0v) is 44.2. The second kappa shape index (κ2) is 22.6. The summed E-state index contributed by atoms with van der Waals surface area (Å²) in [6.07, 6.45) is 8.40. The highest BCUT2D eigenvalue weighted by molar-refractivity contribution is 6.36. The number of aromatic nitrogens is 4. The summed E-state index contributed by atoms with van der Waals surface area (Å²) >= 11 is 0. The highest BCUT2D eigenvalue weighted by Gasteiger charge is 2.38. The van der Waals surface area contributed by atoms with Gasteiger partial charge in [0.1, 0.15) is 0 Å². The lowest BCUT2D eigenvalue weighted by Gasteiger charge is -2.40. The molecule has 10 nitrogen and oxygen atoms in total. The van der Waals surface area contributed by atoms with Crippen molar-refractivity contribution in [1.82, 2.24) is 19.1 Å². The van der Waals surface area contributed by atoms with Gasteiger partial charge in [0.05, 0.1) is 86.1 Å². The minimum absolute atomic E-state index is 0.223. The Balaban J connectivity index is 0.926. The third kappa shape index (κ3) is 9.92. The first-order chi connectivity index (χ1) is 37.6. The number of rotatable bonds is 25. The smallest absolute Gasteiger partial charge is 0.235 e. The van der Waals surface area contributed by atoms with Gasteiger partial charge in [0.2, 0.25) is 5.95 Å². The molecule has 10 heteroatoms. The quantitative estimate of drug-likeness (QED) is 0.0523. The second-order valence-electron chi connectivity index (χ2n) is 21.5. The summed E-state index contributed by atoms with van der Waals surface area (Å²) in [5.74, 6) is 0.629. The van der Waals surface area contributed by atoms with Crippen molar-refractivity contribution in [2.45, 2.75) is 78.4 Å². The first kappa shape index (κ1) is 50.3. The van der Waals surface area contributed by atoms with Gasteiger partial charge in [-0.15, -0.1) is 0 Å². The van der Waals surface area contributed by atoms with Crippen LogP contribution in [-0.4, -0.2) is 85.2 Å². The Morgan fingerprint density at radius 1 is 0.461 bits per heavy atom. The number of benzene rings is 7. The van der Waals surface area contributed by atoms with Crippen LogP contribution in [0.5, 0.6) is 0 Å². The number of hydrogen-bond donors (Lipinski definition) is 0. The van der Waals surface area contributed by atoms with Gasteiger partial charge in [-0.05, 0) is 110 Å². The van der Waals surface area contributed by atoms with E-state index in [0.717, 1.165) is 181 Å². The van der Waals surface area contributed by atoms with Crippen molar-refractivity contribution in [3.63, 3.8) is 0 Å². The summed E-state index contributed by atoms with van der Waals surface area (Å²) in [7, 11) is 0. The summed E-state index contributed by atoms with van der Waals surface area (Å²) in [4.78, 5) is 11.0. The van der Waals surface area contributed by atoms with Crippen molar-refractivity contribution in [3.8, 4) is 22.9 Å². The maximum atomic E-state index is 6.48. The van der Waals surface area contributed by atoms with Crippen LogP contribution in [0.25, 0.3) is 88.2 Å². The van der Waals surface area contributed by atoms with E-state index in [1.807, 2.05) is 0 Å².